The largest absolute Gasteiger partial charge is 0.324 e. The van der Waals surface area contributed by atoms with Crippen molar-refractivity contribution in [3.8, 4) is 16.9 Å². The van der Waals surface area contributed by atoms with Crippen molar-refractivity contribution >= 4 is 33.0 Å². The predicted molar refractivity (Wildman–Crippen MR) is 131 cm³/mol. The molecule has 0 bridgehead atoms. The van der Waals surface area contributed by atoms with E-state index in [1.807, 2.05) is 60.7 Å². The monoisotopic (exact) mass is 479 g/mol. The molecule has 8 heteroatoms. The maximum absolute atomic E-state index is 13.2. The molecule has 33 heavy (non-hydrogen) atoms. The number of amides is 1. The fourth-order valence-electron chi connectivity index (χ4n) is 3.37. The summed E-state index contributed by atoms with van der Waals surface area (Å²) in [6.07, 6.45) is 1.70. The molecule has 3 aromatic carbocycles. The van der Waals surface area contributed by atoms with Crippen LogP contribution >= 0.6 is 11.6 Å². The fraction of sp³-hybridized carbons (Fsp3) is 0.120. The van der Waals surface area contributed by atoms with E-state index in [-0.39, 0.29) is 5.75 Å². The number of anilines is 1. The quantitative estimate of drug-likeness (QED) is 0.398. The molecule has 0 fully saturated rings. The van der Waals surface area contributed by atoms with Gasteiger partial charge in [0, 0.05) is 17.3 Å². The summed E-state index contributed by atoms with van der Waals surface area (Å²) >= 11 is 6.09. The van der Waals surface area contributed by atoms with Crippen LogP contribution in [0, 0.1) is 0 Å². The van der Waals surface area contributed by atoms with Crippen LogP contribution in [0.4, 0.5) is 5.69 Å². The summed E-state index contributed by atoms with van der Waals surface area (Å²) in [6, 6.07) is 25.5. The second-order valence-electron chi connectivity index (χ2n) is 7.57. The van der Waals surface area contributed by atoms with Crippen LogP contribution in [0.15, 0.2) is 91.1 Å². The number of para-hydroxylation sites is 2. The SMILES string of the molecule is CC(C(=O)Nc1ccccc1Cl)S(=O)(=O)Cc1cn(-c2ccccc2)nc1-c1ccccc1. The maximum Gasteiger partial charge on any atom is 0.242 e. The molecule has 1 aromatic heterocycles. The van der Waals surface area contributed by atoms with Crippen molar-refractivity contribution in [3.05, 3.63) is 102 Å². The lowest BCUT2D eigenvalue weighted by molar-refractivity contribution is -0.115. The van der Waals surface area contributed by atoms with Gasteiger partial charge >= 0.3 is 0 Å². The van der Waals surface area contributed by atoms with E-state index in [9.17, 15) is 13.2 Å². The van der Waals surface area contributed by atoms with Crippen molar-refractivity contribution in [2.24, 2.45) is 0 Å². The van der Waals surface area contributed by atoms with E-state index < -0.39 is 21.0 Å². The van der Waals surface area contributed by atoms with Gasteiger partial charge in [-0.15, -0.1) is 0 Å². The molecule has 0 aliphatic carbocycles. The molecule has 1 heterocycles. The Morgan fingerprint density at radius 2 is 1.58 bits per heavy atom. The molecule has 1 unspecified atom stereocenters. The van der Waals surface area contributed by atoms with Gasteiger partial charge in [0.05, 0.1) is 27.8 Å². The highest BCUT2D eigenvalue weighted by atomic mass is 35.5. The van der Waals surface area contributed by atoms with Gasteiger partial charge in [0.2, 0.25) is 5.91 Å². The standard InChI is InChI=1S/C25H22ClN3O3S/c1-18(25(30)27-23-15-9-8-14-22(23)26)33(31,32)17-20-16-29(21-12-6-3-7-13-21)28-24(20)19-10-4-2-5-11-19/h2-16,18H,17H2,1H3,(H,27,30). The van der Waals surface area contributed by atoms with Gasteiger partial charge in [-0.1, -0.05) is 72.3 Å². The van der Waals surface area contributed by atoms with E-state index in [0.29, 0.717) is 22.0 Å². The molecule has 0 spiro atoms. The van der Waals surface area contributed by atoms with Crippen molar-refractivity contribution < 1.29 is 13.2 Å². The van der Waals surface area contributed by atoms with Gasteiger partial charge in [0.25, 0.3) is 0 Å². The lowest BCUT2D eigenvalue weighted by atomic mass is 10.1. The minimum absolute atomic E-state index is 0.332. The lowest BCUT2D eigenvalue weighted by Crippen LogP contribution is -2.33. The van der Waals surface area contributed by atoms with Crippen molar-refractivity contribution in [2.75, 3.05) is 5.32 Å². The number of halogens is 1. The minimum Gasteiger partial charge on any atom is -0.324 e. The molecule has 4 rings (SSSR count). The highest BCUT2D eigenvalue weighted by Gasteiger charge is 2.30. The Morgan fingerprint density at radius 3 is 2.24 bits per heavy atom. The third kappa shape index (κ3) is 5.16. The molecular formula is C25H22ClN3O3S. The van der Waals surface area contributed by atoms with E-state index in [1.165, 1.54) is 6.92 Å². The first-order valence-electron chi connectivity index (χ1n) is 10.3. The Hall–Kier alpha value is -3.42. The number of nitrogens with zero attached hydrogens (tertiary/aromatic N) is 2. The Bertz CT molecular complexity index is 1370. The Morgan fingerprint density at radius 1 is 0.970 bits per heavy atom. The number of carbonyl (C=O) groups is 1. The number of nitrogens with one attached hydrogen (secondary N) is 1. The number of hydrogen-bond acceptors (Lipinski definition) is 4. The van der Waals surface area contributed by atoms with Crippen molar-refractivity contribution in [2.45, 2.75) is 17.9 Å². The summed E-state index contributed by atoms with van der Waals surface area (Å²) in [5.74, 6) is -0.971. The number of hydrogen-bond donors (Lipinski definition) is 1. The third-order valence-corrected chi connectivity index (χ3v) is 7.59. The molecular weight excluding hydrogens is 458 g/mol. The zero-order valence-corrected chi connectivity index (χ0v) is 19.4. The van der Waals surface area contributed by atoms with Crippen molar-refractivity contribution in [1.82, 2.24) is 9.78 Å². The van der Waals surface area contributed by atoms with Crippen molar-refractivity contribution in [1.29, 1.82) is 0 Å². The average Bonchev–Trinajstić information content (AvgIpc) is 3.24. The molecule has 4 aromatic rings. The highest BCUT2D eigenvalue weighted by molar-refractivity contribution is 7.92. The molecule has 0 aliphatic rings. The van der Waals surface area contributed by atoms with Crippen LogP contribution in [-0.2, 0) is 20.4 Å². The number of benzene rings is 3. The van der Waals surface area contributed by atoms with Gasteiger partial charge < -0.3 is 5.32 Å². The Kier molecular flexibility index (Phi) is 6.62. The van der Waals surface area contributed by atoms with Crippen LogP contribution in [0.25, 0.3) is 16.9 Å². The van der Waals surface area contributed by atoms with Gasteiger partial charge in [-0.25, -0.2) is 13.1 Å². The molecule has 168 valence electrons. The fourth-order valence-corrected chi connectivity index (χ4v) is 4.83. The third-order valence-electron chi connectivity index (χ3n) is 5.25. The highest BCUT2D eigenvalue weighted by Crippen LogP contribution is 2.27. The van der Waals surface area contributed by atoms with Crippen LogP contribution in [0.1, 0.15) is 12.5 Å². The summed E-state index contributed by atoms with van der Waals surface area (Å²) < 4.78 is 28.1. The summed E-state index contributed by atoms with van der Waals surface area (Å²) in [4.78, 5) is 12.7. The summed E-state index contributed by atoms with van der Waals surface area (Å²) in [6.45, 7) is 1.38. The Balaban J connectivity index is 1.64. The van der Waals surface area contributed by atoms with Crippen LogP contribution in [0.5, 0.6) is 0 Å². The second kappa shape index (κ2) is 9.60. The topological polar surface area (TPSA) is 81.1 Å². The number of aromatic nitrogens is 2. The molecule has 1 atom stereocenters. The maximum atomic E-state index is 13.2. The van der Waals surface area contributed by atoms with Crippen LogP contribution < -0.4 is 5.32 Å². The number of carbonyl (C=O) groups excluding carboxylic acids is 1. The molecule has 1 N–H and O–H groups in total. The molecule has 6 nitrogen and oxygen atoms in total. The van der Waals surface area contributed by atoms with Gasteiger partial charge in [-0.3, -0.25) is 4.79 Å². The first-order chi connectivity index (χ1) is 15.8. The van der Waals surface area contributed by atoms with Crippen LogP contribution in [0.3, 0.4) is 0 Å². The van der Waals surface area contributed by atoms with Crippen LogP contribution in [-0.4, -0.2) is 29.4 Å². The van der Waals surface area contributed by atoms with E-state index in [4.69, 9.17) is 11.6 Å². The zero-order chi connectivity index (χ0) is 23.4. The molecule has 1 amide bonds. The van der Waals surface area contributed by atoms with E-state index in [2.05, 4.69) is 10.4 Å². The normalized spacial score (nSPS) is 12.3. The summed E-state index contributed by atoms with van der Waals surface area (Å²) in [5.41, 5.74) is 3.05. The molecule has 0 saturated carbocycles. The van der Waals surface area contributed by atoms with Crippen LogP contribution in [0.2, 0.25) is 5.02 Å². The van der Waals surface area contributed by atoms with Gasteiger partial charge in [0.15, 0.2) is 9.84 Å². The van der Waals surface area contributed by atoms with E-state index in [1.54, 1.807) is 35.1 Å². The molecule has 0 aliphatic heterocycles. The van der Waals surface area contributed by atoms with Gasteiger partial charge in [-0.05, 0) is 31.2 Å². The second-order valence-corrected chi connectivity index (χ2v) is 10.3. The lowest BCUT2D eigenvalue weighted by Gasteiger charge is -2.14. The average molecular weight is 480 g/mol. The van der Waals surface area contributed by atoms with Crippen molar-refractivity contribution in [3.63, 3.8) is 0 Å². The zero-order valence-electron chi connectivity index (χ0n) is 17.9. The first-order valence-corrected chi connectivity index (χ1v) is 12.4. The number of rotatable bonds is 7. The minimum atomic E-state index is -3.85. The van der Waals surface area contributed by atoms with E-state index >= 15 is 0 Å². The van der Waals surface area contributed by atoms with Gasteiger partial charge in [0.1, 0.15) is 5.25 Å². The smallest absolute Gasteiger partial charge is 0.242 e. The Labute approximate surface area is 197 Å². The van der Waals surface area contributed by atoms with Gasteiger partial charge in [-0.2, -0.15) is 5.10 Å². The summed E-state index contributed by atoms with van der Waals surface area (Å²) in [7, 11) is -3.85. The van der Waals surface area contributed by atoms with E-state index in [0.717, 1.165) is 11.3 Å². The summed E-state index contributed by atoms with van der Waals surface area (Å²) in [5, 5.41) is 6.32. The first kappa shape index (κ1) is 22.8. The molecule has 0 saturated heterocycles. The number of sulfone groups is 1. The predicted octanol–water partition coefficient (Wildman–Crippen LogP) is 5.13. The molecule has 0 radical (unpaired) electrons.